The van der Waals surface area contributed by atoms with Crippen LogP contribution in [0.15, 0.2) is 65.9 Å². The van der Waals surface area contributed by atoms with E-state index in [0.29, 0.717) is 17.1 Å². The number of carbonyl (C=O) groups is 2. The Morgan fingerprint density at radius 1 is 1.06 bits per heavy atom. The molecule has 0 aromatic heterocycles. The summed E-state index contributed by atoms with van der Waals surface area (Å²) in [4.78, 5) is 25.7. The van der Waals surface area contributed by atoms with E-state index < -0.39 is 16.4 Å². The maximum absolute atomic E-state index is 11.9. The normalized spacial score (nSPS) is 16.9. The maximum Gasteiger partial charge on any atom is 0.394 e. The zero-order valence-corrected chi connectivity index (χ0v) is 18.0. The minimum absolute atomic E-state index is 0.0220. The van der Waals surface area contributed by atoms with Crippen LogP contribution >= 0.6 is 0 Å². The monoisotopic (exact) mass is 459 g/mol. The van der Waals surface area contributed by atoms with E-state index in [-0.39, 0.29) is 23.7 Å². The topological polar surface area (TPSA) is 141 Å². The number of benzene rings is 2. The van der Waals surface area contributed by atoms with Gasteiger partial charge < -0.3 is 14.7 Å². The van der Waals surface area contributed by atoms with Gasteiger partial charge in [-0.2, -0.15) is 8.42 Å². The summed E-state index contributed by atoms with van der Waals surface area (Å²) in [5.74, 6) is -0.0336. The Morgan fingerprint density at radius 3 is 2.34 bits per heavy atom. The molecule has 0 saturated carbocycles. The molecular formula is C22H21NO8S. The summed E-state index contributed by atoms with van der Waals surface area (Å²) in [5, 5.41) is 9.67. The van der Waals surface area contributed by atoms with Crippen molar-refractivity contribution in [3.8, 4) is 5.75 Å². The first-order valence-corrected chi connectivity index (χ1v) is 10.8. The number of allylic oxidation sites excluding steroid dienone is 4. The van der Waals surface area contributed by atoms with Crippen molar-refractivity contribution in [3.05, 3.63) is 82.6 Å². The second kappa shape index (κ2) is 8.95. The van der Waals surface area contributed by atoms with Crippen molar-refractivity contribution in [1.29, 1.82) is 0 Å². The Labute approximate surface area is 184 Å². The molecular weight excluding hydrogens is 438 g/mol. The van der Waals surface area contributed by atoms with Gasteiger partial charge in [-0.25, -0.2) is 4.79 Å². The average Bonchev–Trinajstić information content (AvgIpc) is 2.70. The van der Waals surface area contributed by atoms with Crippen molar-refractivity contribution in [2.75, 3.05) is 19.0 Å². The lowest BCUT2D eigenvalue weighted by Crippen LogP contribution is -2.22. The number of aromatic carboxylic acids is 1. The molecule has 10 heteroatoms. The zero-order chi connectivity index (χ0) is 23.6. The van der Waals surface area contributed by atoms with Crippen LogP contribution in [0.1, 0.15) is 33.8 Å². The third-order valence-corrected chi connectivity index (χ3v) is 4.98. The minimum Gasteiger partial charge on any atom is -0.478 e. The first-order chi connectivity index (χ1) is 15.0. The summed E-state index contributed by atoms with van der Waals surface area (Å²) < 4.78 is 37.7. The fraction of sp³-hybridized carbons (Fsp3) is 0.182. The van der Waals surface area contributed by atoms with E-state index in [4.69, 9.17) is 22.3 Å². The van der Waals surface area contributed by atoms with Crippen LogP contribution in [0.3, 0.4) is 0 Å². The highest BCUT2D eigenvalue weighted by Gasteiger charge is 2.34. The van der Waals surface area contributed by atoms with Gasteiger partial charge in [-0.15, -0.1) is 0 Å². The zero-order valence-electron chi connectivity index (χ0n) is 17.2. The van der Waals surface area contributed by atoms with Gasteiger partial charge >= 0.3 is 16.4 Å². The number of anilines is 1. The van der Waals surface area contributed by atoms with Crippen molar-refractivity contribution >= 4 is 27.8 Å². The summed E-state index contributed by atoms with van der Waals surface area (Å²) >= 11 is 0. The Kier molecular flexibility index (Phi) is 6.49. The van der Waals surface area contributed by atoms with E-state index in [1.165, 1.54) is 6.08 Å². The molecule has 0 radical (unpaired) electrons. The number of carbonyl (C=O) groups excluding carboxylic acids is 1. The molecule has 1 unspecified atom stereocenters. The van der Waals surface area contributed by atoms with Crippen LogP contribution in [0.4, 0.5) is 5.69 Å². The molecule has 4 rings (SSSR count). The first kappa shape index (κ1) is 23.2. The van der Waals surface area contributed by atoms with E-state index in [2.05, 4.69) is 0 Å². The summed E-state index contributed by atoms with van der Waals surface area (Å²) in [6.45, 7) is 0. The van der Waals surface area contributed by atoms with E-state index >= 15 is 0 Å². The first-order valence-electron chi connectivity index (χ1n) is 9.41. The fourth-order valence-electron chi connectivity index (χ4n) is 3.65. The summed E-state index contributed by atoms with van der Waals surface area (Å²) in [5.41, 5.74) is 3.66. The standard InChI is InChI=1S/C22H19NO4.H2O4S/c1-23(2)13-7-9-17-19(11-13)27-20-12-14(24)8-10-18(20)21(17)15-5-3-4-6-16(15)22(25)26;1-5(2,3)4/h3-11,21H,12H2,1-2H3,(H,25,26);(H2,1,2,3,4). The second-order valence-electron chi connectivity index (χ2n) is 7.35. The van der Waals surface area contributed by atoms with Gasteiger partial charge in [0, 0.05) is 42.9 Å². The Balaban J connectivity index is 0.000000523. The Morgan fingerprint density at radius 2 is 1.72 bits per heavy atom. The SMILES string of the molecule is CN(C)c1ccc2c(c1)OC1=C(C=CC(=O)C1)C2c1ccccc1C(=O)O.O=S(=O)(O)O. The average molecular weight is 459 g/mol. The molecule has 32 heavy (non-hydrogen) atoms. The lowest BCUT2D eigenvalue weighted by molar-refractivity contribution is -0.114. The number of carboxylic acid groups (broad SMARTS) is 1. The molecule has 0 amide bonds. The van der Waals surface area contributed by atoms with Crippen LogP contribution in [0, 0.1) is 0 Å². The van der Waals surface area contributed by atoms with Crippen LogP contribution in [0.25, 0.3) is 0 Å². The van der Waals surface area contributed by atoms with Crippen LogP contribution < -0.4 is 9.64 Å². The highest BCUT2D eigenvalue weighted by molar-refractivity contribution is 7.79. The Bertz CT molecular complexity index is 1240. The lowest BCUT2D eigenvalue weighted by Gasteiger charge is -2.32. The number of hydrogen-bond donors (Lipinski definition) is 3. The van der Waals surface area contributed by atoms with Crippen molar-refractivity contribution in [2.24, 2.45) is 0 Å². The number of ketones is 1. The summed E-state index contributed by atoms with van der Waals surface area (Å²) in [6.07, 6.45) is 3.48. The van der Waals surface area contributed by atoms with Gasteiger partial charge in [0.25, 0.3) is 0 Å². The molecule has 1 aliphatic heterocycles. The second-order valence-corrected chi connectivity index (χ2v) is 8.24. The molecule has 2 aromatic rings. The predicted octanol–water partition coefficient (Wildman–Crippen LogP) is 3.11. The number of fused-ring (bicyclic) bond motifs is 1. The minimum atomic E-state index is -4.67. The van der Waals surface area contributed by atoms with Gasteiger partial charge in [0.05, 0.1) is 12.0 Å². The highest BCUT2D eigenvalue weighted by atomic mass is 32.3. The highest BCUT2D eigenvalue weighted by Crippen LogP contribution is 2.47. The van der Waals surface area contributed by atoms with Crippen molar-refractivity contribution in [2.45, 2.75) is 12.3 Å². The van der Waals surface area contributed by atoms with E-state index in [0.717, 1.165) is 16.8 Å². The summed E-state index contributed by atoms with van der Waals surface area (Å²) in [6, 6.07) is 12.9. The number of rotatable bonds is 3. The molecule has 0 bridgehead atoms. The number of nitrogens with zero attached hydrogens (tertiary/aromatic N) is 1. The number of ether oxygens (including phenoxy) is 1. The van der Waals surface area contributed by atoms with Crippen LogP contribution in [0.2, 0.25) is 0 Å². The van der Waals surface area contributed by atoms with Crippen molar-refractivity contribution in [1.82, 2.24) is 0 Å². The van der Waals surface area contributed by atoms with E-state index in [1.54, 1.807) is 18.2 Å². The largest absolute Gasteiger partial charge is 0.478 e. The van der Waals surface area contributed by atoms with E-state index in [1.807, 2.05) is 49.3 Å². The van der Waals surface area contributed by atoms with Crippen LogP contribution in [0.5, 0.6) is 5.75 Å². The van der Waals surface area contributed by atoms with Gasteiger partial charge in [0.2, 0.25) is 0 Å². The quantitative estimate of drug-likeness (QED) is 0.590. The third-order valence-electron chi connectivity index (χ3n) is 4.98. The number of hydrogen-bond acceptors (Lipinski definition) is 6. The molecule has 2 aliphatic rings. The molecule has 3 N–H and O–H groups in total. The van der Waals surface area contributed by atoms with Gasteiger partial charge in [0.15, 0.2) is 5.78 Å². The maximum atomic E-state index is 11.9. The van der Waals surface area contributed by atoms with Crippen molar-refractivity contribution < 1.29 is 37.0 Å². The number of carboxylic acids is 1. The van der Waals surface area contributed by atoms with Gasteiger partial charge in [-0.3, -0.25) is 13.9 Å². The molecule has 168 valence electrons. The molecule has 0 saturated heterocycles. The van der Waals surface area contributed by atoms with Gasteiger partial charge in [0.1, 0.15) is 11.5 Å². The summed E-state index contributed by atoms with van der Waals surface area (Å²) in [7, 11) is -0.779. The predicted molar refractivity (Wildman–Crippen MR) is 117 cm³/mol. The molecule has 1 atom stereocenters. The van der Waals surface area contributed by atoms with E-state index in [9.17, 15) is 14.7 Å². The lowest BCUT2D eigenvalue weighted by atomic mass is 9.78. The molecule has 0 spiro atoms. The third kappa shape index (κ3) is 5.22. The fourth-order valence-corrected chi connectivity index (χ4v) is 3.65. The molecule has 9 nitrogen and oxygen atoms in total. The molecule has 2 aromatic carbocycles. The van der Waals surface area contributed by atoms with Crippen LogP contribution in [-0.4, -0.2) is 48.5 Å². The molecule has 1 aliphatic carbocycles. The molecule has 1 heterocycles. The van der Waals surface area contributed by atoms with Crippen LogP contribution in [-0.2, 0) is 15.2 Å². The van der Waals surface area contributed by atoms with Gasteiger partial charge in [-0.1, -0.05) is 30.3 Å². The van der Waals surface area contributed by atoms with Crippen molar-refractivity contribution in [3.63, 3.8) is 0 Å². The Hall–Kier alpha value is -3.47. The molecule has 0 fully saturated rings. The van der Waals surface area contributed by atoms with Gasteiger partial charge in [-0.05, 0) is 23.8 Å². The smallest absolute Gasteiger partial charge is 0.394 e.